The van der Waals surface area contributed by atoms with E-state index in [1.165, 1.54) is 27.1 Å². The summed E-state index contributed by atoms with van der Waals surface area (Å²) in [6, 6.07) is 17.2. The first-order chi connectivity index (χ1) is 12.2. The molecule has 0 amide bonds. The highest BCUT2D eigenvalue weighted by Crippen LogP contribution is 2.19. The van der Waals surface area contributed by atoms with E-state index in [1.54, 1.807) is 0 Å². The topological polar surface area (TPSA) is 12.0 Å². The number of hydrogen-bond acceptors (Lipinski definition) is 1. The van der Waals surface area contributed by atoms with E-state index in [4.69, 9.17) is 0 Å². The molecule has 2 aromatic carbocycles. The Hall–Kier alpha value is -2.76. The number of hydrogen-bond donors (Lipinski definition) is 1. The van der Waals surface area contributed by atoms with E-state index in [1.807, 2.05) is 0 Å². The fraction of sp³-hybridized carbons (Fsp3) is 0.208. The third-order valence-electron chi connectivity index (χ3n) is 4.71. The first-order valence-corrected chi connectivity index (χ1v) is 8.95. The highest BCUT2D eigenvalue weighted by molar-refractivity contribution is 5.71. The van der Waals surface area contributed by atoms with Crippen LogP contribution in [0.25, 0.3) is 17.3 Å². The van der Waals surface area contributed by atoms with Crippen molar-refractivity contribution in [3.63, 3.8) is 0 Å². The monoisotopic (exact) mass is 327 g/mol. The molecule has 0 aliphatic heterocycles. The molecule has 3 rings (SSSR count). The van der Waals surface area contributed by atoms with E-state index >= 15 is 0 Å². The lowest BCUT2D eigenvalue weighted by Gasteiger charge is -2.20. The van der Waals surface area contributed by atoms with Crippen molar-refractivity contribution in [1.82, 2.24) is 5.32 Å². The predicted octanol–water partition coefficient (Wildman–Crippen LogP) is 3.94. The Bertz CT molecular complexity index is 956. The molecule has 1 aliphatic rings. The van der Waals surface area contributed by atoms with Gasteiger partial charge in [0.15, 0.2) is 0 Å². The van der Waals surface area contributed by atoms with E-state index in [2.05, 4.69) is 98.2 Å². The molecule has 0 bridgehead atoms. The van der Waals surface area contributed by atoms with Crippen LogP contribution in [0.2, 0.25) is 0 Å². The Morgan fingerprint density at radius 2 is 1.92 bits per heavy atom. The largest absolute Gasteiger partial charge is 0.372 e. The molecule has 25 heavy (non-hydrogen) atoms. The van der Waals surface area contributed by atoms with Gasteiger partial charge in [-0.1, -0.05) is 80.3 Å². The van der Waals surface area contributed by atoms with Crippen LogP contribution in [0.4, 0.5) is 0 Å². The molecule has 126 valence electrons. The van der Waals surface area contributed by atoms with Crippen LogP contribution in [0.5, 0.6) is 0 Å². The Kier molecular flexibility index (Phi) is 5.38. The van der Waals surface area contributed by atoms with Crippen molar-refractivity contribution in [3.8, 4) is 0 Å². The second kappa shape index (κ2) is 7.88. The van der Waals surface area contributed by atoms with Gasteiger partial charge in [0.1, 0.15) is 0 Å². The molecule has 2 aromatic rings. The maximum atomic E-state index is 3.92. The van der Waals surface area contributed by atoms with Crippen LogP contribution in [0.1, 0.15) is 31.4 Å². The highest BCUT2D eigenvalue weighted by atomic mass is 14.9. The number of aryl methyl sites for hydroxylation is 1. The molecule has 0 saturated heterocycles. The van der Waals surface area contributed by atoms with Gasteiger partial charge >= 0.3 is 0 Å². The molecule has 1 atom stereocenters. The van der Waals surface area contributed by atoms with Crippen LogP contribution in [0.15, 0.2) is 73.0 Å². The lowest BCUT2D eigenvalue weighted by molar-refractivity contribution is 0.802. The van der Waals surface area contributed by atoms with Gasteiger partial charge in [-0.15, -0.1) is 5.73 Å². The highest BCUT2D eigenvalue weighted by Gasteiger charge is 2.13. The van der Waals surface area contributed by atoms with Gasteiger partial charge < -0.3 is 5.32 Å². The standard InChI is InChI=1S/C24H25N/c1-4-19-12-6-11-17-23(19)24(5-2)25-18(3)21-15-9-7-13-20-14-8-10-16-22(20)21/h6,8-18,25H,2,4,7H2,1,3H3/t18-/m1/s1. The van der Waals surface area contributed by atoms with Gasteiger partial charge in [0, 0.05) is 11.6 Å². The van der Waals surface area contributed by atoms with Crippen LogP contribution < -0.4 is 15.8 Å². The van der Waals surface area contributed by atoms with E-state index in [0.717, 1.165) is 18.5 Å². The minimum atomic E-state index is 0.165. The van der Waals surface area contributed by atoms with Crippen LogP contribution >= 0.6 is 0 Å². The predicted molar refractivity (Wildman–Crippen MR) is 108 cm³/mol. The van der Waals surface area contributed by atoms with Crippen molar-refractivity contribution in [2.75, 3.05) is 0 Å². The molecule has 1 aliphatic carbocycles. The smallest absolute Gasteiger partial charge is 0.0848 e. The van der Waals surface area contributed by atoms with E-state index in [-0.39, 0.29) is 6.04 Å². The first kappa shape index (κ1) is 17.1. The fourth-order valence-corrected chi connectivity index (χ4v) is 3.39. The molecule has 1 N–H and O–H groups in total. The van der Waals surface area contributed by atoms with Gasteiger partial charge in [0.2, 0.25) is 0 Å². The third-order valence-corrected chi connectivity index (χ3v) is 4.71. The Morgan fingerprint density at radius 1 is 1.16 bits per heavy atom. The lowest BCUT2D eigenvalue weighted by atomic mass is 10.00. The number of benzene rings is 2. The summed E-state index contributed by atoms with van der Waals surface area (Å²) >= 11 is 0. The van der Waals surface area contributed by atoms with Gasteiger partial charge in [-0.25, -0.2) is 0 Å². The summed E-state index contributed by atoms with van der Waals surface area (Å²) in [5.74, 6) is 0. The van der Waals surface area contributed by atoms with Gasteiger partial charge in [-0.05, 0) is 41.3 Å². The van der Waals surface area contributed by atoms with Gasteiger partial charge in [0.25, 0.3) is 0 Å². The molecule has 1 nitrogen and oxygen atoms in total. The van der Waals surface area contributed by atoms with Crippen LogP contribution in [-0.2, 0) is 6.42 Å². The van der Waals surface area contributed by atoms with Crippen molar-refractivity contribution in [2.24, 2.45) is 0 Å². The maximum absolute atomic E-state index is 3.92. The van der Waals surface area contributed by atoms with Gasteiger partial charge in [-0.2, -0.15) is 0 Å². The summed E-state index contributed by atoms with van der Waals surface area (Å²) in [5, 5.41) is 6.23. The fourth-order valence-electron chi connectivity index (χ4n) is 3.39. The third kappa shape index (κ3) is 3.68. The molecular weight excluding hydrogens is 302 g/mol. The molecule has 0 aromatic heterocycles. The number of rotatable bonds is 5. The zero-order valence-electron chi connectivity index (χ0n) is 15.0. The van der Waals surface area contributed by atoms with Crippen molar-refractivity contribution in [1.29, 1.82) is 0 Å². The minimum absolute atomic E-state index is 0.165. The SMILES string of the molecule is C=C=C(N[C@H](C)C1=c2ccccc2=CCC=C1)c1ccccc1CC. The van der Waals surface area contributed by atoms with Crippen molar-refractivity contribution in [3.05, 3.63) is 94.6 Å². The van der Waals surface area contributed by atoms with Gasteiger partial charge in [0.05, 0.1) is 5.70 Å². The van der Waals surface area contributed by atoms with Crippen LogP contribution in [0, 0.1) is 0 Å². The molecule has 0 spiro atoms. The Morgan fingerprint density at radius 3 is 2.72 bits per heavy atom. The van der Waals surface area contributed by atoms with Crippen LogP contribution in [0.3, 0.4) is 0 Å². The lowest BCUT2D eigenvalue weighted by Crippen LogP contribution is -2.34. The van der Waals surface area contributed by atoms with Crippen molar-refractivity contribution in [2.45, 2.75) is 32.7 Å². The normalized spacial score (nSPS) is 13.9. The van der Waals surface area contributed by atoms with E-state index in [0.29, 0.717) is 0 Å². The van der Waals surface area contributed by atoms with E-state index < -0.39 is 0 Å². The summed E-state index contributed by atoms with van der Waals surface area (Å²) < 4.78 is 0. The quantitative estimate of drug-likeness (QED) is 0.820. The summed E-state index contributed by atoms with van der Waals surface area (Å²) in [5.41, 5.74) is 7.87. The minimum Gasteiger partial charge on any atom is -0.372 e. The average molecular weight is 327 g/mol. The molecule has 0 heterocycles. The molecule has 0 unspecified atom stereocenters. The number of allylic oxidation sites excluding steroid dienone is 1. The number of fused-ring (bicyclic) bond motifs is 1. The Balaban J connectivity index is 2.00. The van der Waals surface area contributed by atoms with Crippen molar-refractivity contribution < 1.29 is 0 Å². The van der Waals surface area contributed by atoms with E-state index in [9.17, 15) is 0 Å². The molecular formula is C24H25N. The Labute approximate surface area is 150 Å². The zero-order valence-corrected chi connectivity index (χ0v) is 15.0. The van der Waals surface area contributed by atoms with Gasteiger partial charge in [-0.3, -0.25) is 0 Å². The second-order valence-corrected chi connectivity index (χ2v) is 6.31. The first-order valence-electron chi connectivity index (χ1n) is 8.95. The average Bonchev–Trinajstić information content (AvgIpc) is 2.88. The van der Waals surface area contributed by atoms with Crippen molar-refractivity contribution >= 4 is 17.3 Å². The maximum Gasteiger partial charge on any atom is 0.0848 e. The second-order valence-electron chi connectivity index (χ2n) is 6.31. The molecule has 0 radical (unpaired) electrons. The zero-order chi connectivity index (χ0) is 17.6. The summed E-state index contributed by atoms with van der Waals surface area (Å²) in [7, 11) is 0. The molecule has 0 fully saturated rings. The summed E-state index contributed by atoms with van der Waals surface area (Å²) in [4.78, 5) is 0. The summed E-state index contributed by atoms with van der Waals surface area (Å²) in [6.45, 7) is 8.30. The summed E-state index contributed by atoms with van der Waals surface area (Å²) in [6.07, 6.45) is 8.71. The number of nitrogens with one attached hydrogen (secondary N) is 1. The van der Waals surface area contributed by atoms with Crippen LogP contribution in [-0.4, -0.2) is 6.04 Å². The molecule has 1 heteroatoms. The molecule has 0 saturated carbocycles.